The van der Waals surface area contributed by atoms with E-state index in [0.717, 1.165) is 27.1 Å². The normalized spacial score (nSPS) is 14.6. The van der Waals surface area contributed by atoms with Gasteiger partial charge in [0.15, 0.2) is 0 Å². The molecule has 236 valence electrons. The van der Waals surface area contributed by atoms with E-state index < -0.39 is 5.41 Å². The summed E-state index contributed by atoms with van der Waals surface area (Å²) >= 11 is 3.57. The van der Waals surface area contributed by atoms with Crippen LogP contribution in [0.25, 0.3) is 28.3 Å². The maximum absolute atomic E-state index is 4.04. The Morgan fingerprint density at radius 1 is 0.531 bits per heavy atom. The van der Waals surface area contributed by atoms with E-state index in [1.54, 1.807) is 0 Å². The molecule has 0 saturated carbocycles. The van der Waals surface area contributed by atoms with Gasteiger partial charge in [0, 0.05) is 21.5 Å². The summed E-state index contributed by atoms with van der Waals surface area (Å²) in [5.41, 5.74) is 16.6. The number of nitrogens with zero attached hydrogens (tertiary/aromatic N) is 1. The van der Waals surface area contributed by atoms with Gasteiger partial charge in [-0.1, -0.05) is 149 Å². The number of anilines is 3. The third-order valence-electron chi connectivity index (χ3n) is 9.98. The second-order valence-electron chi connectivity index (χ2n) is 12.9. The van der Waals surface area contributed by atoms with Crippen LogP contribution in [0.15, 0.2) is 175 Å². The smallest absolute Gasteiger partial charge is 0.0716 e. The molecular weight excluding hydrogens is 658 g/mol. The van der Waals surface area contributed by atoms with Gasteiger partial charge in [0.1, 0.15) is 0 Å². The predicted octanol–water partition coefficient (Wildman–Crippen LogP) is 13.2. The van der Waals surface area contributed by atoms with E-state index in [9.17, 15) is 0 Å². The molecule has 1 unspecified atom stereocenters. The molecule has 0 heterocycles. The van der Waals surface area contributed by atoms with Crippen LogP contribution >= 0.6 is 15.9 Å². The van der Waals surface area contributed by atoms with Crippen molar-refractivity contribution in [2.24, 2.45) is 0 Å². The third kappa shape index (κ3) is 5.24. The Hall–Kier alpha value is -5.44. The van der Waals surface area contributed by atoms with E-state index in [0.29, 0.717) is 0 Å². The molecule has 0 fully saturated rings. The molecule has 1 nitrogen and oxygen atoms in total. The molecule has 2 heteroatoms. The Morgan fingerprint density at radius 2 is 1.14 bits per heavy atom. The van der Waals surface area contributed by atoms with Gasteiger partial charge in [-0.2, -0.15) is 0 Å². The first kappa shape index (κ1) is 30.9. The molecule has 7 aromatic rings. The van der Waals surface area contributed by atoms with E-state index in [1.807, 2.05) is 6.08 Å². The number of halogens is 1. The van der Waals surface area contributed by atoms with Crippen molar-refractivity contribution in [2.45, 2.75) is 19.3 Å². The largest absolute Gasteiger partial charge is 0.310 e. The van der Waals surface area contributed by atoms with Gasteiger partial charge in [-0.05, 0) is 118 Å². The van der Waals surface area contributed by atoms with Crippen molar-refractivity contribution in [3.05, 3.63) is 214 Å². The second kappa shape index (κ2) is 12.5. The van der Waals surface area contributed by atoms with Crippen LogP contribution in [0, 0.1) is 13.8 Å². The molecule has 0 radical (unpaired) electrons. The van der Waals surface area contributed by atoms with Crippen molar-refractivity contribution in [1.82, 2.24) is 0 Å². The maximum atomic E-state index is 4.04. The van der Waals surface area contributed by atoms with Crippen LogP contribution in [0.3, 0.4) is 0 Å². The van der Waals surface area contributed by atoms with Gasteiger partial charge in [0.2, 0.25) is 0 Å². The number of rotatable bonds is 7. The molecular formula is C47H36BrN. The Balaban J connectivity index is 1.38. The summed E-state index contributed by atoms with van der Waals surface area (Å²) in [4.78, 5) is 2.38. The van der Waals surface area contributed by atoms with Gasteiger partial charge in [-0.15, -0.1) is 0 Å². The Kier molecular flexibility index (Phi) is 7.90. The zero-order chi connectivity index (χ0) is 33.5. The zero-order valence-electron chi connectivity index (χ0n) is 27.7. The molecule has 0 saturated heterocycles. The lowest BCUT2D eigenvalue weighted by Crippen LogP contribution is -2.30. The van der Waals surface area contributed by atoms with E-state index in [1.165, 1.54) is 55.6 Å². The highest BCUT2D eigenvalue weighted by Crippen LogP contribution is 2.58. The third-order valence-corrected chi connectivity index (χ3v) is 10.5. The Bertz CT molecular complexity index is 2300. The van der Waals surface area contributed by atoms with Crippen LogP contribution in [0.5, 0.6) is 0 Å². The molecule has 0 aliphatic heterocycles. The van der Waals surface area contributed by atoms with Crippen LogP contribution in [0.4, 0.5) is 17.1 Å². The number of aryl methyl sites for hydroxylation is 2. The van der Waals surface area contributed by atoms with Gasteiger partial charge < -0.3 is 4.90 Å². The molecule has 7 aromatic carbocycles. The highest BCUT2D eigenvalue weighted by atomic mass is 79.9. The summed E-state index contributed by atoms with van der Waals surface area (Å²) in [6, 6.07) is 60.0. The Morgan fingerprint density at radius 3 is 1.86 bits per heavy atom. The summed E-state index contributed by atoms with van der Waals surface area (Å²) in [6.45, 7) is 8.49. The van der Waals surface area contributed by atoms with Gasteiger partial charge in [-0.25, -0.2) is 0 Å². The number of hydrogen-bond donors (Lipinski definition) is 0. The molecule has 0 bridgehead atoms. The molecule has 1 aliphatic rings. The number of fused-ring (bicyclic) bond motifs is 3. The first-order valence-corrected chi connectivity index (χ1v) is 17.5. The topological polar surface area (TPSA) is 3.24 Å². The molecule has 1 atom stereocenters. The average Bonchev–Trinajstić information content (AvgIpc) is 3.44. The SMILES string of the molecule is C=Cc1ccc(C2(c3cc(C)ccc3C)c3ccccc3-c3ccc(N(c4ccccc4)c4ccc(-c5ccc(Br)cc5)cc4)cc32)cc1. The summed E-state index contributed by atoms with van der Waals surface area (Å²) in [5, 5.41) is 0. The number of hydrogen-bond acceptors (Lipinski definition) is 1. The van der Waals surface area contributed by atoms with Gasteiger partial charge in [0.05, 0.1) is 5.41 Å². The number of para-hydroxylation sites is 1. The quantitative estimate of drug-likeness (QED) is 0.161. The fourth-order valence-corrected chi connectivity index (χ4v) is 7.91. The summed E-state index contributed by atoms with van der Waals surface area (Å²) in [7, 11) is 0. The van der Waals surface area contributed by atoms with Crippen molar-refractivity contribution in [3.63, 3.8) is 0 Å². The van der Waals surface area contributed by atoms with Gasteiger partial charge in [0.25, 0.3) is 0 Å². The molecule has 1 aliphatic carbocycles. The van der Waals surface area contributed by atoms with Gasteiger partial charge >= 0.3 is 0 Å². The van der Waals surface area contributed by atoms with E-state index in [2.05, 4.69) is 205 Å². The number of benzene rings is 7. The lowest BCUT2D eigenvalue weighted by Gasteiger charge is -2.36. The van der Waals surface area contributed by atoms with Gasteiger partial charge in [-0.3, -0.25) is 0 Å². The van der Waals surface area contributed by atoms with Crippen LogP contribution in [-0.4, -0.2) is 0 Å². The average molecular weight is 695 g/mol. The second-order valence-corrected chi connectivity index (χ2v) is 13.8. The summed E-state index contributed by atoms with van der Waals surface area (Å²) in [5.74, 6) is 0. The monoisotopic (exact) mass is 693 g/mol. The van der Waals surface area contributed by atoms with E-state index in [4.69, 9.17) is 0 Å². The molecule has 8 rings (SSSR count). The van der Waals surface area contributed by atoms with E-state index >= 15 is 0 Å². The van der Waals surface area contributed by atoms with Crippen molar-refractivity contribution >= 4 is 39.1 Å². The minimum Gasteiger partial charge on any atom is -0.310 e. The lowest BCUT2D eigenvalue weighted by atomic mass is 9.66. The van der Waals surface area contributed by atoms with Crippen molar-refractivity contribution < 1.29 is 0 Å². The molecule has 49 heavy (non-hydrogen) atoms. The highest BCUT2D eigenvalue weighted by Gasteiger charge is 2.47. The first-order chi connectivity index (χ1) is 24.0. The maximum Gasteiger partial charge on any atom is 0.0716 e. The highest BCUT2D eigenvalue weighted by molar-refractivity contribution is 9.10. The molecule has 0 aromatic heterocycles. The molecule has 0 amide bonds. The van der Waals surface area contributed by atoms with Crippen LogP contribution < -0.4 is 4.90 Å². The fourth-order valence-electron chi connectivity index (χ4n) is 7.64. The van der Waals surface area contributed by atoms with Crippen LogP contribution in [0.1, 0.15) is 38.9 Å². The lowest BCUT2D eigenvalue weighted by molar-refractivity contribution is 0.759. The van der Waals surface area contributed by atoms with E-state index in [-0.39, 0.29) is 0 Å². The molecule has 0 spiro atoms. The Labute approximate surface area is 298 Å². The van der Waals surface area contributed by atoms with Crippen molar-refractivity contribution in [1.29, 1.82) is 0 Å². The fraction of sp³-hybridized carbons (Fsp3) is 0.0638. The van der Waals surface area contributed by atoms with Crippen molar-refractivity contribution in [3.8, 4) is 22.3 Å². The minimum absolute atomic E-state index is 0.508. The standard InChI is InChI=1S/C47H36BrN/c1-4-34-16-22-37(23-17-34)47(45-30-32(2)14-15-33(45)3)44-13-9-8-12-42(44)43-29-28-41(31-46(43)47)49(39-10-6-5-7-11-39)40-26-20-36(21-27-40)35-18-24-38(48)25-19-35/h4-31H,1H2,2-3H3. The summed E-state index contributed by atoms with van der Waals surface area (Å²) < 4.78 is 1.08. The molecule has 0 N–H and O–H groups in total. The van der Waals surface area contributed by atoms with Crippen LogP contribution in [-0.2, 0) is 5.41 Å². The first-order valence-electron chi connectivity index (χ1n) is 16.7. The van der Waals surface area contributed by atoms with Crippen molar-refractivity contribution in [2.75, 3.05) is 4.90 Å². The zero-order valence-corrected chi connectivity index (χ0v) is 29.3. The van der Waals surface area contributed by atoms with Crippen LogP contribution in [0.2, 0.25) is 0 Å². The summed E-state index contributed by atoms with van der Waals surface area (Å²) in [6.07, 6.45) is 1.92. The predicted molar refractivity (Wildman–Crippen MR) is 211 cm³/mol. The minimum atomic E-state index is -0.508.